The van der Waals surface area contributed by atoms with Gasteiger partial charge < -0.3 is 15.4 Å². The third kappa shape index (κ3) is 4.11. The number of ether oxygens (including phenoxy) is 1. The van der Waals surface area contributed by atoms with E-state index in [-0.39, 0.29) is 6.03 Å². The molecule has 18 heavy (non-hydrogen) atoms. The summed E-state index contributed by atoms with van der Waals surface area (Å²) in [6, 6.07) is 3.52. The molecule has 5 heteroatoms. The molecule has 0 aliphatic heterocycles. The lowest BCUT2D eigenvalue weighted by molar-refractivity contribution is 0.240. The van der Waals surface area contributed by atoms with Crippen molar-refractivity contribution in [3.63, 3.8) is 0 Å². The predicted molar refractivity (Wildman–Crippen MR) is 73.3 cm³/mol. The molecule has 0 bridgehead atoms. The van der Waals surface area contributed by atoms with Gasteiger partial charge in [-0.15, -0.1) is 0 Å². The zero-order valence-corrected chi connectivity index (χ0v) is 11.7. The molecular formula is C13H19ClN2O2. The Labute approximate surface area is 113 Å². The topological polar surface area (TPSA) is 50.4 Å². The average molecular weight is 271 g/mol. The van der Waals surface area contributed by atoms with Crippen molar-refractivity contribution in [2.75, 3.05) is 13.7 Å². The van der Waals surface area contributed by atoms with Crippen LogP contribution in [0.15, 0.2) is 12.1 Å². The Morgan fingerprint density at radius 2 is 2.11 bits per heavy atom. The van der Waals surface area contributed by atoms with E-state index in [2.05, 4.69) is 10.6 Å². The van der Waals surface area contributed by atoms with Gasteiger partial charge in [0.2, 0.25) is 0 Å². The second-order valence-electron chi connectivity index (χ2n) is 4.02. The maximum Gasteiger partial charge on any atom is 0.315 e. The molecule has 2 amide bonds. The van der Waals surface area contributed by atoms with E-state index < -0.39 is 0 Å². The van der Waals surface area contributed by atoms with Gasteiger partial charge in [0.05, 0.1) is 12.1 Å². The zero-order chi connectivity index (χ0) is 13.5. The second-order valence-corrected chi connectivity index (χ2v) is 4.43. The minimum absolute atomic E-state index is 0.164. The molecule has 4 nitrogen and oxygen atoms in total. The van der Waals surface area contributed by atoms with E-state index in [4.69, 9.17) is 16.3 Å². The molecule has 0 unspecified atom stereocenters. The van der Waals surface area contributed by atoms with Gasteiger partial charge in [-0.2, -0.15) is 0 Å². The van der Waals surface area contributed by atoms with E-state index in [0.717, 1.165) is 17.5 Å². The first kappa shape index (κ1) is 14.6. The third-order valence-electron chi connectivity index (χ3n) is 2.59. The van der Waals surface area contributed by atoms with E-state index in [1.54, 1.807) is 7.11 Å². The van der Waals surface area contributed by atoms with Crippen LogP contribution in [-0.4, -0.2) is 19.7 Å². The third-order valence-corrected chi connectivity index (χ3v) is 2.88. The Hall–Kier alpha value is -1.42. The smallest absolute Gasteiger partial charge is 0.315 e. The number of aryl methyl sites for hydroxylation is 1. The molecule has 0 heterocycles. The summed E-state index contributed by atoms with van der Waals surface area (Å²) in [5.74, 6) is 0.647. The summed E-state index contributed by atoms with van der Waals surface area (Å²) >= 11 is 6.05. The summed E-state index contributed by atoms with van der Waals surface area (Å²) in [4.78, 5) is 11.4. The normalized spacial score (nSPS) is 10.0. The van der Waals surface area contributed by atoms with Crippen molar-refractivity contribution >= 4 is 17.6 Å². The molecule has 1 aromatic rings. The molecule has 0 saturated carbocycles. The molecule has 0 fully saturated rings. The molecule has 2 N–H and O–H groups in total. The average Bonchev–Trinajstić information content (AvgIpc) is 2.36. The van der Waals surface area contributed by atoms with Crippen molar-refractivity contribution in [3.05, 3.63) is 28.3 Å². The Bertz CT molecular complexity index is 422. The number of hydrogen-bond donors (Lipinski definition) is 2. The minimum atomic E-state index is -0.164. The number of hydrogen-bond acceptors (Lipinski definition) is 2. The molecule has 0 aromatic heterocycles. The van der Waals surface area contributed by atoms with Gasteiger partial charge in [-0.1, -0.05) is 18.5 Å². The van der Waals surface area contributed by atoms with E-state index in [1.165, 1.54) is 0 Å². The SMILES string of the molecule is CCCNC(=O)NCc1cc(Cl)c(OC)cc1C. The van der Waals surface area contributed by atoms with Crippen LogP contribution in [-0.2, 0) is 6.54 Å². The van der Waals surface area contributed by atoms with Crippen LogP contribution < -0.4 is 15.4 Å². The lowest BCUT2D eigenvalue weighted by Gasteiger charge is -2.11. The van der Waals surface area contributed by atoms with E-state index in [9.17, 15) is 4.79 Å². The van der Waals surface area contributed by atoms with Crippen molar-refractivity contribution < 1.29 is 9.53 Å². The number of carbonyl (C=O) groups is 1. The van der Waals surface area contributed by atoms with Gasteiger partial charge in [0.25, 0.3) is 0 Å². The van der Waals surface area contributed by atoms with Gasteiger partial charge >= 0.3 is 6.03 Å². The summed E-state index contributed by atoms with van der Waals surface area (Å²) < 4.78 is 5.13. The van der Waals surface area contributed by atoms with Crippen molar-refractivity contribution in [2.45, 2.75) is 26.8 Å². The molecule has 0 spiro atoms. The number of nitrogens with one attached hydrogen (secondary N) is 2. The lowest BCUT2D eigenvalue weighted by atomic mass is 10.1. The predicted octanol–water partition coefficient (Wildman–Crippen LogP) is 2.87. The molecule has 0 radical (unpaired) electrons. The molecule has 0 aliphatic carbocycles. The highest BCUT2D eigenvalue weighted by atomic mass is 35.5. The van der Waals surface area contributed by atoms with Crippen LogP contribution in [0.2, 0.25) is 5.02 Å². The van der Waals surface area contributed by atoms with Crippen LogP contribution in [0.5, 0.6) is 5.75 Å². The fraction of sp³-hybridized carbons (Fsp3) is 0.462. The van der Waals surface area contributed by atoms with Gasteiger partial charge in [0, 0.05) is 13.1 Å². The summed E-state index contributed by atoms with van der Waals surface area (Å²) in [6.45, 7) is 5.09. The number of carbonyl (C=O) groups excluding carboxylic acids is 1. The number of halogens is 1. The van der Waals surface area contributed by atoms with Crippen LogP contribution in [0.4, 0.5) is 4.79 Å². The molecule has 0 aliphatic rings. The largest absolute Gasteiger partial charge is 0.495 e. The first-order valence-corrected chi connectivity index (χ1v) is 6.31. The van der Waals surface area contributed by atoms with Crippen molar-refractivity contribution in [2.24, 2.45) is 0 Å². The first-order valence-electron chi connectivity index (χ1n) is 5.93. The maximum absolute atomic E-state index is 11.4. The van der Waals surface area contributed by atoms with E-state index in [1.807, 2.05) is 26.0 Å². The maximum atomic E-state index is 11.4. The van der Waals surface area contributed by atoms with Gasteiger partial charge in [0.1, 0.15) is 5.75 Å². The van der Waals surface area contributed by atoms with Gasteiger partial charge in [-0.25, -0.2) is 4.79 Å². The van der Waals surface area contributed by atoms with Crippen molar-refractivity contribution in [3.8, 4) is 5.75 Å². The number of urea groups is 1. The van der Waals surface area contributed by atoms with Gasteiger partial charge in [0.15, 0.2) is 0 Å². The fourth-order valence-electron chi connectivity index (χ4n) is 1.52. The van der Waals surface area contributed by atoms with Crippen molar-refractivity contribution in [1.29, 1.82) is 0 Å². The molecular weight excluding hydrogens is 252 g/mol. The number of rotatable bonds is 5. The van der Waals surface area contributed by atoms with Crippen molar-refractivity contribution in [1.82, 2.24) is 10.6 Å². The summed E-state index contributed by atoms with van der Waals surface area (Å²) in [7, 11) is 1.58. The highest BCUT2D eigenvalue weighted by molar-refractivity contribution is 6.32. The highest BCUT2D eigenvalue weighted by Gasteiger charge is 2.07. The standard InChI is InChI=1S/C13H19ClN2O2/c1-4-5-15-13(17)16-8-10-7-11(14)12(18-3)6-9(10)2/h6-7H,4-5,8H2,1-3H3,(H2,15,16,17). The second kappa shape index (κ2) is 7.11. The van der Waals surface area contributed by atoms with Crippen LogP contribution in [0, 0.1) is 6.92 Å². The first-order chi connectivity index (χ1) is 8.58. The van der Waals surface area contributed by atoms with Crippen LogP contribution in [0.25, 0.3) is 0 Å². The molecule has 0 atom stereocenters. The highest BCUT2D eigenvalue weighted by Crippen LogP contribution is 2.27. The molecule has 1 rings (SSSR count). The molecule has 0 saturated heterocycles. The van der Waals surface area contributed by atoms with E-state index >= 15 is 0 Å². The summed E-state index contributed by atoms with van der Waals surface area (Å²) in [5.41, 5.74) is 2.01. The van der Waals surface area contributed by atoms with Crippen LogP contribution >= 0.6 is 11.6 Å². The fourth-order valence-corrected chi connectivity index (χ4v) is 1.78. The molecule has 1 aromatic carbocycles. The quantitative estimate of drug-likeness (QED) is 0.864. The molecule has 100 valence electrons. The van der Waals surface area contributed by atoms with Gasteiger partial charge in [-0.05, 0) is 36.6 Å². The van der Waals surface area contributed by atoms with E-state index in [0.29, 0.717) is 23.9 Å². The Morgan fingerprint density at radius 3 is 2.72 bits per heavy atom. The van der Waals surface area contributed by atoms with Gasteiger partial charge in [-0.3, -0.25) is 0 Å². The number of amides is 2. The van der Waals surface area contributed by atoms with Crippen LogP contribution in [0.3, 0.4) is 0 Å². The lowest BCUT2D eigenvalue weighted by Crippen LogP contribution is -2.35. The number of benzene rings is 1. The zero-order valence-electron chi connectivity index (χ0n) is 11.0. The Balaban J connectivity index is 2.62. The Kier molecular flexibility index (Phi) is 5.78. The monoisotopic (exact) mass is 270 g/mol. The summed E-state index contributed by atoms with van der Waals surface area (Å²) in [5, 5.41) is 6.09. The Morgan fingerprint density at radius 1 is 1.39 bits per heavy atom. The van der Waals surface area contributed by atoms with Crippen LogP contribution in [0.1, 0.15) is 24.5 Å². The number of methoxy groups -OCH3 is 1. The minimum Gasteiger partial charge on any atom is -0.495 e. The summed E-state index contributed by atoms with van der Waals surface area (Å²) in [6.07, 6.45) is 0.917.